The van der Waals surface area contributed by atoms with Gasteiger partial charge in [-0.25, -0.2) is 0 Å². The molecule has 0 aromatic heterocycles. The molecule has 0 amide bonds. The van der Waals surface area contributed by atoms with E-state index in [2.05, 4.69) is 13.8 Å². The number of carboxylic acids is 2. The smallest absolute Gasteiger partial charge is 0.310 e. The van der Waals surface area contributed by atoms with Crippen LogP contribution in [0.2, 0.25) is 0 Å². The Hall–Kier alpha value is -1.06. The van der Waals surface area contributed by atoms with E-state index in [4.69, 9.17) is 5.11 Å². The predicted octanol–water partition coefficient (Wildman–Crippen LogP) is 5.25. The first-order valence-corrected chi connectivity index (χ1v) is 8.93. The van der Waals surface area contributed by atoms with Gasteiger partial charge in [0.15, 0.2) is 0 Å². The van der Waals surface area contributed by atoms with Gasteiger partial charge in [0.05, 0.1) is 11.8 Å². The maximum Gasteiger partial charge on any atom is 0.310 e. The molecule has 0 rings (SSSR count). The zero-order chi connectivity index (χ0) is 16.8. The van der Waals surface area contributed by atoms with Crippen molar-refractivity contribution in [3.8, 4) is 0 Å². The molecule has 0 saturated carbocycles. The van der Waals surface area contributed by atoms with Gasteiger partial charge in [0.1, 0.15) is 0 Å². The monoisotopic (exact) mass is 314 g/mol. The van der Waals surface area contributed by atoms with Crippen molar-refractivity contribution in [3.05, 3.63) is 0 Å². The van der Waals surface area contributed by atoms with E-state index in [1.807, 2.05) is 0 Å². The summed E-state index contributed by atoms with van der Waals surface area (Å²) in [5.74, 6) is -1.93. The van der Waals surface area contributed by atoms with E-state index in [1.165, 1.54) is 0 Å². The van der Waals surface area contributed by atoms with Crippen LogP contribution in [0.25, 0.3) is 0 Å². The van der Waals surface area contributed by atoms with Crippen molar-refractivity contribution < 1.29 is 19.8 Å². The molecule has 0 fully saturated rings. The van der Waals surface area contributed by atoms with E-state index in [0.717, 1.165) is 64.2 Å². The molecule has 0 radical (unpaired) electrons. The molecule has 130 valence electrons. The van der Waals surface area contributed by atoms with E-state index in [1.54, 1.807) is 0 Å². The Morgan fingerprint density at radius 2 is 1.14 bits per heavy atom. The van der Waals surface area contributed by atoms with Crippen LogP contribution < -0.4 is 0 Å². The quantitative estimate of drug-likeness (QED) is 0.405. The fourth-order valence-electron chi connectivity index (χ4n) is 3.01. The van der Waals surface area contributed by atoms with Gasteiger partial charge in [-0.05, 0) is 12.8 Å². The van der Waals surface area contributed by atoms with E-state index in [0.29, 0.717) is 12.8 Å². The van der Waals surface area contributed by atoms with Crippen molar-refractivity contribution >= 4 is 11.9 Å². The van der Waals surface area contributed by atoms with Gasteiger partial charge in [0.25, 0.3) is 0 Å². The van der Waals surface area contributed by atoms with Gasteiger partial charge >= 0.3 is 11.9 Å². The summed E-state index contributed by atoms with van der Waals surface area (Å²) in [6, 6.07) is 0. The lowest BCUT2D eigenvalue weighted by Crippen LogP contribution is -2.33. The third kappa shape index (κ3) is 9.06. The van der Waals surface area contributed by atoms with Crippen LogP contribution >= 0.6 is 0 Å². The molecule has 0 saturated heterocycles. The van der Waals surface area contributed by atoms with Crippen molar-refractivity contribution in [2.75, 3.05) is 0 Å². The molecule has 0 atom stereocenters. The molecule has 0 aliphatic rings. The first-order valence-electron chi connectivity index (χ1n) is 8.93. The van der Waals surface area contributed by atoms with Crippen LogP contribution in [0, 0.1) is 5.41 Å². The summed E-state index contributed by atoms with van der Waals surface area (Å²) >= 11 is 0. The molecule has 0 aromatic carbocycles. The van der Waals surface area contributed by atoms with Gasteiger partial charge in [-0.2, -0.15) is 0 Å². The molecule has 0 spiro atoms. The minimum Gasteiger partial charge on any atom is -0.481 e. The zero-order valence-corrected chi connectivity index (χ0v) is 14.4. The largest absolute Gasteiger partial charge is 0.481 e. The summed E-state index contributed by atoms with van der Waals surface area (Å²) < 4.78 is 0. The van der Waals surface area contributed by atoms with E-state index >= 15 is 0 Å². The third-order valence-corrected chi connectivity index (χ3v) is 4.46. The van der Waals surface area contributed by atoms with Crippen molar-refractivity contribution in [1.29, 1.82) is 0 Å². The van der Waals surface area contributed by atoms with Crippen molar-refractivity contribution in [2.24, 2.45) is 5.41 Å². The number of unbranched alkanes of at least 4 members (excludes halogenated alkanes) is 8. The van der Waals surface area contributed by atoms with Crippen LogP contribution in [0.3, 0.4) is 0 Å². The number of aliphatic carboxylic acids is 2. The Balaban J connectivity index is 4.49. The highest BCUT2D eigenvalue weighted by Crippen LogP contribution is 2.36. The predicted molar refractivity (Wildman–Crippen MR) is 89.1 cm³/mol. The topological polar surface area (TPSA) is 74.6 Å². The fraction of sp³-hybridized carbons (Fsp3) is 0.889. The number of hydrogen-bond acceptors (Lipinski definition) is 2. The molecule has 0 unspecified atom stereocenters. The van der Waals surface area contributed by atoms with Crippen LogP contribution in [-0.4, -0.2) is 22.2 Å². The Morgan fingerprint density at radius 1 is 0.727 bits per heavy atom. The lowest BCUT2D eigenvalue weighted by atomic mass is 9.75. The molecule has 4 nitrogen and oxygen atoms in total. The van der Waals surface area contributed by atoms with Crippen LogP contribution in [0.1, 0.15) is 97.3 Å². The fourth-order valence-corrected chi connectivity index (χ4v) is 3.01. The summed E-state index contributed by atoms with van der Waals surface area (Å²) in [7, 11) is 0. The molecule has 0 aliphatic carbocycles. The second kappa shape index (κ2) is 12.5. The maximum atomic E-state index is 11.7. The molecule has 2 N–H and O–H groups in total. The number of carboxylic acid groups (broad SMARTS) is 2. The normalized spacial score (nSPS) is 11.5. The average Bonchev–Trinajstić information content (AvgIpc) is 2.45. The highest BCUT2D eigenvalue weighted by Gasteiger charge is 2.39. The first-order chi connectivity index (χ1) is 10.5. The van der Waals surface area contributed by atoms with Crippen molar-refractivity contribution in [1.82, 2.24) is 0 Å². The molecule has 0 aromatic rings. The van der Waals surface area contributed by atoms with Gasteiger partial charge in [0, 0.05) is 0 Å². The van der Waals surface area contributed by atoms with Crippen LogP contribution in [0.4, 0.5) is 0 Å². The molecule has 0 aliphatic heterocycles. The maximum absolute atomic E-state index is 11.7. The summed E-state index contributed by atoms with van der Waals surface area (Å²) in [5, 5.41) is 18.7. The van der Waals surface area contributed by atoms with Gasteiger partial charge in [-0.3, -0.25) is 9.59 Å². The third-order valence-electron chi connectivity index (χ3n) is 4.46. The van der Waals surface area contributed by atoms with Crippen LogP contribution in [0.5, 0.6) is 0 Å². The second-order valence-corrected chi connectivity index (χ2v) is 6.48. The van der Waals surface area contributed by atoms with Crippen molar-refractivity contribution in [2.45, 2.75) is 97.3 Å². The summed E-state index contributed by atoms with van der Waals surface area (Å²) in [6.45, 7) is 4.28. The standard InChI is InChI=1S/C18H34O4/c1-3-5-7-9-11-13-18(17(21)22,15-16(19)20)14-12-10-8-6-4-2/h3-15H2,1-2H3,(H,19,20)(H,21,22). The van der Waals surface area contributed by atoms with Gasteiger partial charge in [-0.15, -0.1) is 0 Å². The second-order valence-electron chi connectivity index (χ2n) is 6.48. The molecular weight excluding hydrogens is 280 g/mol. The van der Waals surface area contributed by atoms with Gasteiger partial charge in [0.2, 0.25) is 0 Å². The lowest BCUT2D eigenvalue weighted by Gasteiger charge is -2.28. The van der Waals surface area contributed by atoms with Crippen LogP contribution in [0.15, 0.2) is 0 Å². The minimum atomic E-state index is -1.07. The van der Waals surface area contributed by atoms with Crippen LogP contribution in [-0.2, 0) is 9.59 Å². The molecule has 0 bridgehead atoms. The number of rotatable bonds is 15. The highest BCUT2D eigenvalue weighted by atomic mass is 16.4. The lowest BCUT2D eigenvalue weighted by molar-refractivity contribution is -0.157. The molecule has 22 heavy (non-hydrogen) atoms. The van der Waals surface area contributed by atoms with Crippen molar-refractivity contribution in [3.63, 3.8) is 0 Å². The first kappa shape index (κ1) is 20.9. The Labute approximate surface area is 135 Å². The zero-order valence-electron chi connectivity index (χ0n) is 14.4. The summed E-state index contributed by atoms with van der Waals surface area (Å²) in [4.78, 5) is 22.9. The van der Waals surface area contributed by atoms with E-state index in [-0.39, 0.29) is 6.42 Å². The molecule has 0 heterocycles. The number of carbonyl (C=O) groups is 2. The Morgan fingerprint density at radius 3 is 1.45 bits per heavy atom. The van der Waals surface area contributed by atoms with Gasteiger partial charge < -0.3 is 10.2 Å². The Bertz CT molecular complexity index is 298. The average molecular weight is 314 g/mol. The highest BCUT2D eigenvalue weighted by molar-refractivity contribution is 5.81. The molecular formula is C18H34O4. The SMILES string of the molecule is CCCCCCCC(CCCCCCC)(CC(=O)O)C(=O)O. The van der Waals surface area contributed by atoms with E-state index in [9.17, 15) is 14.7 Å². The number of hydrogen-bond donors (Lipinski definition) is 2. The summed E-state index contributed by atoms with van der Waals surface area (Å²) in [5.41, 5.74) is -1.07. The summed E-state index contributed by atoms with van der Waals surface area (Å²) in [6.07, 6.45) is 11.2. The Kier molecular flexibility index (Phi) is 11.9. The van der Waals surface area contributed by atoms with Gasteiger partial charge in [-0.1, -0.05) is 78.1 Å². The van der Waals surface area contributed by atoms with E-state index < -0.39 is 17.4 Å². The minimum absolute atomic E-state index is 0.246. The molecule has 4 heteroatoms.